The molecular formula is C16H12Cl2IN3O2. The van der Waals surface area contributed by atoms with Crippen LogP contribution in [0.25, 0.3) is 0 Å². The molecule has 8 heteroatoms. The second-order valence-corrected chi connectivity index (χ2v) is 6.63. The van der Waals surface area contributed by atoms with E-state index in [1.165, 1.54) is 6.21 Å². The predicted molar refractivity (Wildman–Crippen MR) is 104 cm³/mol. The van der Waals surface area contributed by atoms with Crippen molar-refractivity contribution in [2.75, 3.05) is 6.54 Å². The van der Waals surface area contributed by atoms with Gasteiger partial charge in [0, 0.05) is 14.2 Å². The van der Waals surface area contributed by atoms with Gasteiger partial charge >= 0.3 is 0 Å². The zero-order valence-corrected chi connectivity index (χ0v) is 15.9. The normalized spacial score (nSPS) is 10.6. The molecule has 0 radical (unpaired) electrons. The SMILES string of the molecule is O=C(CNC(=O)c1ccccc1I)N/N=C\c1ccc(Cl)cc1Cl. The summed E-state index contributed by atoms with van der Waals surface area (Å²) in [7, 11) is 0. The largest absolute Gasteiger partial charge is 0.343 e. The van der Waals surface area contributed by atoms with E-state index in [0.717, 1.165) is 3.57 Å². The number of carbonyl (C=O) groups is 2. The molecule has 0 aromatic heterocycles. The van der Waals surface area contributed by atoms with Gasteiger partial charge in [-0.25, -0.2) is 5.43 Å². The summed E-state index contributed by atoms with van der Waals surface area (Å²) in [5, 5.41) is 7.27. The molecule has 0 unspecified atom stereocenters. The molecule has 0 bridgehead atoms. The quantitative estimate of drug-likeness (QED) is 0.395. The Morgan fingerprint density at radius 2 is 1.92 bits per heavy atom. The summed E-state index contributed by atoms with van der Waals surface area (Å²) in [4.78, 5) is 23.7. The summed E-state index contributed by atoms with van der Waals surface area (Å²) in [5.74, 6) is -0.768. The number of hydrazone groups is 1. The van der Waals surface area contributed by atoms with Crippen LogP contribution in [0.4, 0.5) is 0 Å². The van der Waals surface area contributed by atoms with E-state index in [2.05, 4.69) is 38.4 Å². The lowest BCUT2D eigenvalue weighted by Gasteiger charge is -2.05. The molecule has 0 heterocycles. The number of rotatable bonds is 5. The van der Waals surface area contributed by atoms with Crippen LogP contribution in [0.3, 0.4) is 0 Å². The van der Waals surface area contributed by atoms with Crippen molar-refractivity contribution < 1.29 is 9.59 Å². The lowest BCUT2D eigenvalue weighted by molar-refractivity contribution is -0.120. The van der Waals surface area contributed by atoms with Crippen LogP contribution in [0.5, 0.6) is 0 Å². The van der Waals surface area contributed by atoms with E-state index in [1.807, 2.05) is 12.1 Å². The lowest BCUT2D eigenvalue weighted by Crippen LogP contribution is -2.35. The Kier molecular flexibility index (Phi) is 7.01. The summed E-state index contributed by atoms with van der Waals surface area (Å²) >= 11 is 13.8. The minimum atomic E-state index is -0.448. The van der Waals surface area contributed by atoms with Crippen molar-refractivity contribution in [3.63, 3.8) is 0 Å². The monoisotopic (exact) mass is 475 g/mol. The van der Waals surface area contributed by atoms with Crippen molar-refractivity contribution in [3.05, 3.63) is 67.2 Å². The van der Waals surface area contributed by atoms with Gasteiger partial charge in [0.1, 0.15) is 0 Å². The Hall–Kier alpha value is -1.64. The van der Waals surface area contributed by atoms with Gasteiger partial charge in [-0.1, -0.05) is 41.4 Å². The number of benzene rings is 2. The van der Waals surface area contributed by atoms with Crippen molar-refractivity contribution in [1.82, 2.24) is 10.7 Å². The fraction of sp³-hybridized carbons (Fsp3) is 0.0625. The first-order valence-electron chi connectivity index (χ1n) is 6.77. The van der Waals surface area contributed by atoms with Crippen LogP contribution in [0.1, 0.15) is 15.9 Å². The van der Waals surface area contributed by atoms with Gasteiger partial charge in [-0.2, -0.15) is 5.10 Å². The molecule has 0 saturated carbocycles. The van der Waals surface area contributed by atoms with Gasteiger partial charge in [0.15, 0.2) is 0 Å². The Morgan fingerprint density at radius 3 is 2.62 bits per heavy atom. The minimum Gasteiger partial charge on any atom is -0.343 e. The number of amides is 2. The smallest absolute Gasteiger partial charge is 0.259 e. The van der Waals surface area contributed by atoms with Gasteiger partial charge in [0.05, 0.1) is 23.3 Å². The van der Waals surface area contributed by atoms with E-state index in [9.17, 15) is 9.59 Å². The molecule has 5 nitrogen and oxygen atoms in total. The second kappa shape index (κ2) is 9.00. The highest BCUT2D eigenvalue weighted by Gasteiger charge is 2.10. The highest BCUT2D eigenvalue weighted by atomic mass is 127. The zero-order valence-electron chi connectivity index (χ0n) is 12.2. The first-order chi connectivity index (χ1) is 11.5. The summed E-state index contributed by atoms with van der Waals surface area (Å²) in [5.41, 5.74) is 3.45. The molecule has 0 atom stereocenters. The van der Waals surface area contributed by atoms with Crippen LogP contribution < -0.4 is 10.7 Å². The van der Waals surface area contributed by atoms with Crippen molar-refractivity contribution in [3.8, 4) is 0 Å². The van der Waals surface area contributed by atoms with E-state index in [1.54, 1.807) is 30.3 Å². The Balaban J connectivity index is 1.84. The summed E-state index contributed by atoms with van der Waals surface area (Å²) in [6, 6.07) is 12.0. The van der Waals surface area contributed by atoms with E-state index in [-0.39, 0.29) is 12.5 Å². The fourth-order valence-electron chi connectivity index (χ4n) is 1.72. The third-order valence-corrected chi connectivity index (χ3v) is 4.39. The summed E-state index contributed by atoms with van der Waals surface area (Å²) < 4.78 is 0.809. The average molecular weight is 476 g/mol. The molecule has 2 N–H and O–H groups in total. The maximum Gasteiger partial charge on any atom is 0.259 e. The van der Waals surface area contributed by atoms with Crippen LogP contribution in [0, 0.1) is 3.57 Å². The number of halogens is 3. The minimum absolute atomic E-state index is 0.185. The highest BCUT2D eigenvalue weighted by Crippen LogP contribution is 2.19. The first kappa shape index (κ1) is 18.7. The van der Waals surface area contributed by atoms with E-state index >= 15 is 0 Å². The van der Waals surface area contributed by atoms with Gasteiger partial charge in [-0.3, -0.25) is 9.59 Å². The average Bonchev–Trinajstić information content (AvgIpc) is 2.55. The predicted octanol–water partition coefficient (Wildman–Crippen LogP) is 3.48. The van der Waals surface area contributed by atoms with Crippen LogP contribution in [-0.2, 0) is 4.79 Å². The van der Waals surface area contributed by atoms with Crippen molar-refractivity contribution in [2.45, 2.75) is 0 Å². The number of hydrogen-bond acceptors (Lipinski definition) is 3. The molecule has 0 fully saturated rings. The zero-order chi connectivity index (χ0) is 17.5. The molecule has 2 amide bonds. The maximum atomic E-state index is 12.0. The van der Waals surface area contributed by atoms with Crippen molar-refractivity contribution in [2.24, 2.45) is 5.10 Å². The van der Waals surface area contributed by atoms with E-state index in [4.69, 9.17) is 23.2 Å². The number of nitrogens with one attached hydrogen (secondary N) is 2. The van der Waals surface area contributed by atoms with Gasteiger partial charge < -0.3 is 5.32 Å². The lowest BCUT2D eigenvalue weighted by atomic mass is 10.2. The highest BCUT2D eigenvalue weighted by molar-refractivity contribution is 14.1. The first-order valence-corrected chi connectivity index (χ1v) is 8.60. The molecule has 24 heavy (non-hydrogen) atoms. The maximum absolute atomic E-state index is 12.0. The molecule has 0 aliphatic rings. The third kappa shape index (κ3) is 5.47. The fourth-order valence-corrected chi connectivity index (χ4v) is 2.81. The summed E-state index contributed by atoms with van der Waals surface area (Å²) in [6.45, 7) is -0.185. The molecular weight excluding hydrogens is 464 g/mol. The van der Waals surface area contributed by atoms with E-state index < -0.39 is 5.91 Å². The molecule has 2 aromatic carbocycles. The van der Waals surface area contributed by atoms with Crippen molar-refractivity contribution >= 4 is 63.8 Å². The molecule has 0 aliphatic carbocycles. The number of carbonyl (C=O) groups excluding carboxylic acids is 2. The van der Waals surface area contributed by atoms with Crippen molar-refractivity contribution in [1.29, 1.82) is 0 Å². The van der Waals surface area contributed by atoms with Gasteiger partial charge in [-0.05, 0) is 46.9 Å². The second-order valence-electron chi connectivity index (χ2n) is 4.62. The molecule has 0 spiro atoms. The van der Waals surface area contributed by atoms with E-state index in [0.29, 0.717) is 21.2 Å². The van der Waals surface area contributed by atoms with Crippen LogP contribution in [-0.4, -0.2) is 24.6 Å². The van der Waals surface area contributed by atoms with Gasteiger partial charge in [0.2, 0.25) is 0 Å². The Bertz CT molecular complexity index is 797. The topological polar surface area (TPSA) is 70.6 Å². The molecule has 0 aliphatic heterocycles. The molecule has 2 aromatic rings. The van der Waals surface area contributed by atoms with Gasteiger partial charge in [-0.15, -0.1) is 0 Å². The summed E-state index contributed by atoms with van der Waals surface area (Å²) in [6.07, 6.45) is 1.40. The third-order valence-electron chi connectivity index (χ3n) is 2.88. The van der Waals surface area contributed by atoms with Crippen LogP contribution in [0.2, 0.25) is 10.0 Å². The Labute approximate surface area is 162 Å². The molecule has 2 rings (SSSR count). The van der Waals surface area contributed by atoms with Gasteiger partial charge in [0.25, 0.3) is 11.8 Å². The Morgan fingerprint density at radius 1 is 1.17 bits per heavy atom. The standard InChI is InChI=1S/C16H12Cl2IN3O2/c17-11-6-5-10(13(18)7-11)8-21-22-15(23)9-20-16(24)12-3-1-2-4-14(12)19/h1-8H,9H2,(H,20,24)(H,22,23)/b21-8-. The van der Waals surface area contributed by atoms with Crippen LogP contribution >= 0.6 is 45.8 Å². The molecule has 0 saturated heterocycles. The molecule has 124 valence electrons. The number of hydrogen-bond donors (Lipinski definition) is 2. The number of nitrogens with zero attached hydrogens (tertiary/aromatic N) is 1. The van der Waals surface area contributed by atoms with Crippen LogP contribution in [0.15, 0.2) is 47.6 Å².